The normalized spacial score (nSPS) is 34.5. The summed E-state index contributed by atoms with van der Waals surface area (Å²) in [5, 5.41) is 0. The topological polar surface area (TPSA) is 0 Å². The van der Waals surface area contributed by atoms with E-state index in [1.54, 1.807) is 0 Å². The molecule has 0 aromatic rings. The van der Waals surface area contributed by atoms with Crippen LogP contribution in [0.15, 0.2) is 0 Å². The predicted molar refractivity (Wildman–Crippen MR) is 64.4 cm³/mol. The first kappa shape index (κ1) is 12.1. The second-order valence-electron chi connectivity index (χ2n) is 6.40. The Kier molecular flexibility index (Phi) is 4.04. The van der Waals surface area contributed by atoms with Crippen molar-refractivity contribution in [1.29, 1.82) is 0 Å². The molecule has 0 radical (unpaired) electrons. The molecule has 1 fully saturated rings. The van der Waals surface area contributed by atoms with Crippen molar-refractivity contribution in [1.82, 2.24) is 0 Å². The molecule has 0 nitrogen and oxygen atoms in total. The van der Waals surface area contributed by atoms with Crippen LogP contribution < -0.4 is 0 Å². The summed E-state index contributed by atoms with van der Waals surface area (Å²) in [7, 11) is 0. The van der Waals surface area contributed by atoms with Gasteiger partial charge in [-0.3, -0.25) is 0 Å². The fraction of sp³-hybridized carbons (Fsp3) is 1.00. The van der Waals surface area contributed by atoms with Crippen LogP contribution in [-0.4, -0.2) is 0 Å². The monoisotopic (exact) mass is 196 g/mol. The highest BCUT2D eigenvalue weighted by molar-refractivity contribution is 4.83. The zero-order valence-corrected chi connectivity index (χ0v) is 10.8. The molecular weight excluding hydrogens is 168 g/mol. The number of rotatable bonds is 2. The fourth-order valence-corrected chi connectivity index (χ4v) is 3.05. The van der Waals surface area contributed by atoms with E-state index in [-0.39, 0.29) is 0 Å². The first-order chi connectivity index (χ1) is 6.45. The molecule has 0 heterocycles. The van der Waals surface area contributed by atoms with Crippen molar-refractivity contribution in [2.24, 2.45) is 23.2 Å². The summed E-state index contributed by atoms with van der Waals surface area (Å²) in [6.45, 7) is 12.0. The molecule has 1 saturated carbocycles. The molecule has 1 rings (SSSR count). The minimum atomic E-state index is 0.533. The van der Waals surface area contributed by atoms with Gasteiger partial charge in [0.2, 0.25) is 0 Å². The smallest absolute Gasteiger partial charge is 0.0354 e. The van der Waals surface area contributed by atoms with Gasteiger partial charge in [0.15, 0.2) is 0 Å². The molecule has 0 saturated heterocycles. The third kappa shape index (κ3) is 3.00. The Morgan fingerprint density at radius 1 is 1.14 bits per heavy atom. The molecule has 0 amide bonds. The lowest BCUT2D eigenvalue weighted by Crippen LogP contribution is -2.30. The minimum Gasteiger partial charge on any atom is -0.0654 e. The van der Waals surface area contributed by atoms with Crippen molar-refractivity contribution >= 4 is 0 Å². The Hall–Kier alpha value is 0. The third-order valence-electron chi connectivity index (χ3n) is 4.23. The lowest BCUT2D eigenvalue weighted by Gasteiger charge is -2.40. The Labute approximate surface area is 90.5 Å². The van der Waals surface area contributed by atoms with Crippen molar-refractivity contribution in [3.63, 3.8) is 0 Å². The first-order valence-corrected chi connectivity index (χ1v) is 6.45. The van der Waals surface area contributed by atoms with E-state index in [0.717, 1.165) is 17.8 Å². The van der Waals surface area contributed by atoms with Crippen LogP contribution in [0, 0.1) is 23.2 Å². The Morgan fingerprint density at radius 3 is 2.21 bits per heavy atom. The van der Waals surface area contributed by atoms with Crippen molar-refractivity contribution < 1.29 is 0 Å². The summed E-state index contributed by atoms with van der Waals surface area (Å²) in [5.41, 5.74) is 0.533. The molecule has 0 bridgehead atoms. The molecule has 0 heteroatoms. The van der Waals surface area contributed by atoms with E-state index in [2.05, 4.69) is 34.6 Å². The van der Waals surface area contributed by atoms with Crippen LogP contribution in [0.3, 0.4) is 0 Å². The summed E-state index contributed by atoms with van der Waals surface area (Å²) in [4.78, 5) is 0. The zero-order chi connectivity index (χ0) is 10.8. The number of hydrogen-bond acceptors (Lipinski definition) is 0. The molecule has 0 spiro atoms. The quantitative estimate of drug-likeness (QED) is 0.590. The van der Waals surface area contributed by atoms with E-state index in [4.69, 9.17) is 0 Å². The van der Waals surface area contributed by atoms with E-state index in [9.17, 15) is 0 Å². The summed E-state index contributed by atoms with van der Waals surface area (Å²) in [6.07, 6.45) is 7.25. The van der Waals surface area contributed by atoms with Gasteiger partial charge in [0.1, 0.15) is 0 Å². The van der Waals surface area contributed by atoms with Crippen LogP contribution >= 0.6 is 0 Å². The fourth-order valence-electron chi connectivity index (χ4n) is 3.05. The highest BCUT2D eigenvalue weighted by Crippen LogP contribution is 2.43. The van der Waals surface area contributed by atoms with Gasteiger partial charge in [0, 0.05) is 0 Å². The van der Waals surface area contributed by atoms with Crippen LogP contribution in [0.4, 0.5) is 0 Å². The van der Waals surface area contributed by atoms with Crippen LogP contribution in [-0.2, 0) is 0 Å². The Morgan fingerprint density at radius 2 is 1.79 bits per heavy atom. The zero-order valence-electron chi connectivity index (χ0n) is 10.8. The van der Waals surface area contributed by atoms with E-state index >= 15 is 0 Å². The molecule has 3 atom stereocenters. The van der Waals surface area contributed by atoms with Gasteiger partial charge < -0.3 is 0 Å². The number of hydrogen-bond donors (Lipinski definition) is 0. The summed E-state index contributed by atoms with van der Waals surface area (Å²) in [6, 6.07) is 0. The van der Waals surface area contributed by atoms with Crippen LogP contribution in [0.25, 0.3) is 0 Å². The third-order valence-corrected chi connectivity index (χ3v) is 4.23. The summed E-state index contributed by atoms with van der Waals surface area (Å²) >= 11 is 0. The van der Waals surface area contributed by atoms with E-state index < -0.39 is 0 Å². The van der Waals surface area contributed by atoms with E-state index in [1.807, 2.05) is 0 Å². The maximum Gasteiger partial charge on any atom is -0.0354 e. The van der Waals surface area contributed by atoms with Crippen molar-refractivity contribution in [3.05, 3.63) is 0 Å². The SMILES string of the molecule is CCCC1CCC(C(C)(C)C)CC1C. The van der Waals surface area contributed by atoms with Gasteiger partial charge in [-0.1, -0.05) is 47.5 Å². The van der Waals surface area contributed by atoms with Gasteiger partial charge in [-0.25, -0.2) is 0 Å². The van der Waals surface area contributed by atoms with Crippen molar-refractivity contribution in [2.75, 3.05) is 0 Å². The standard InChI is InChI=1S/C14H28/c1-6-7-12-8-9-13(10-11(12)2)14(3,4)5/h11-13H,6-10H2,1-5H3. The largest absolute Gasteiger partial charge is 0.0654 e. The van der Waals surface area contributed by atoms with Gasteiger partial charge >= 0.3 is 0 Å². The van der Waals surface area contributed by atoms with Crippen LogP contribution in [0.2, 0.25) is 0 Å². The summed E-state index contributed by atoms with van der Waals surface area (Å²) < 4.78 is 0. The molecule has 1 aliphatic rings. The van der Waals surface area contributed by atoms with Gasteiger partial charge in [-0.05, 0) is 42.4 Å². The highest BCUT2D eigenvalue weighted by atomic mass is 14.4. The maximum atomic E-state index is 2.47. The van der Waals surface area contributed by atoms with Gasteiger partial charge in [-0.2, -0.15) is 0 Å². The molecule has 0 aromatic heterocycles. The van der Waals surface area contributed by atoms with E-state index in [0.29, 0.717) is 5.41 Å². The highest BCUT2D eigenvalue weighted by Gasteiger charge is 2.33. The maximum absolute atomic E-state index is 2.47. The molecule has 84 valence electrons. The lowest BCUT2D eigenvalue weighted by atomic mass is 9.65. The lowest BCUT2D eigenvalue weighted by molar-refractivity contribution is 0.102. The first-order valence-electron chi connectivity index (χ1n) is 6.45. The van der Waals surface area contributed by atoms with Crippen molar-refractivity contribution in [2.45, 2.75) is 66.7 Å². The molecule has 0 N–H and O–H groups in total. The van der Waals surface area contributed by atoms with Gasteiger partial charge in [0.05, 0.1) is 0 Å². The van der Waals surface area contributed by atoms with Crippen LogP contribution in [0.5, 0.6) is 0 Å². The minimum absolute atomic E-state index is 0.533. The Balaban J connectivity index is 2.46. The van der Waals surface area contributed by atoms with Crippen molar-refractivity contribution in [3.8, 4) is 0 Å². The average Bonchev–Trinajstić information content (AvgIpc) is 2.07. The molecule has 0 aromatic carbocycles. The van der Waals surface area contributed by atoms with Gasteiger partial charge in [0.25, 0.3) is 0 Å². The molecule has 3 unspecified atom stereocenters. The average molecular weight is 196 g/mol. The summed E-state index contributed by atoms with van der Waals surface area (Å²) in [5.74, 6) is 2.96. The Bertz CT molecular complexity index is 163. The predicted octanol–water partition coefficient (Wildman–Crippen LogP) is 4.89. The second kappa shape index (κ2) is 4.68. The molecule has 0 aliphatic heterocycles. The van der Waals surface area contributed by atoms with Gasteiger partial charge in [-0.15, -0.1) is 0 Å². The molecule has 14 heavy (non-hydrogen) atoms. The molecule has 1 aliphatic carbocycles. The van der Waals surface area contributed by atoms with Crippen LogP contribution in [0.1, 0.15) is 66.7 Å². The second-order valence-corrected chi connectivity index (χ2v) is 6.40. The molecular formula is C14H28. The van der Waals surface area contributed by atoms with E-state index in [1.165, 1.54) is 32.1 Å².